The lowest BCUT2D eigenvalue weighted by molar-refractivity contribution is 0.0695. The summed E-state index contributed by atoms with van der Waals surface area (Å²) in [4.78, 5) is 33.2. The zero-order chi connectivity index (χ0) is 27.6. The number of amides is 1. The average Bonchev–Trinajstić information content (AvgIpc) is 2.95. The Morgan fingerprint density at radius 3 is 2.38 bits per heavy atom. The summed E-state index contributed by atoms with van der Waals surface area (Å²) in [6, 6.07) is 20.3. The van der Waals surface area contributed by atoms with E-state index in [-0.39, 0.29) is 29.5 Å². The number of aromatic carboxylic acids is 1. The minimum Gasteiger partial charge on any atom is -0.493 e. The molecule has 0 aliphatic carbocycles. The molecule has 0 aliphatic heterocycles. The van der Waals surface area contributed by atoms with Crippen molar-refractivity contribution in [3.05, 3.63) is 102 Å². The van der Waals surface area contributed by atoms with Crippen LogP contribution in [0.15, 0.2) is 79.1 Å². The van der Waals surface area contributed by atoms with Crippen LogP contribution < -0.4 is 14.8 Å². The van der Waals surface area contributed by atoms with Gasteiger partial charge in [0.15, 0.2) is 0 Å². The zero-order valence-corrected chi connectivity index (χ0v) is 21.7. The molecule has 0 unspecified atom stereocenters. The Balaban J connectivity index is 1.48. The molecule has 39 heavy (non-hydrogen) atoms. The Morgan fingerprint density at radius 2 is 1.67 bits per heavy atom. The lowest BCUT2D eigenvalue weighted by Crippen LogP contribution is -2.13. The van der Waals surface area contributed by atoms with Gasteiger partial charge < -0.3 is 24.6 Å². The fourth-order valence-electron chi connectivity index (χ4n) is 3.79. The number of hydrogen-bond donors (Lipinski definition) is 2. The number of anilines is 1. The number of carboxylic acid groups (broad SMARTS) is 1. The number of pyridine rings is 2. The average molecular weight is 528 g/mol. The van der Waals surface area contributed by atoms with Gasteiger partial charge in [-0.25, -0.2) is 9.78 Å². The third-order valence-corrected chi connectivity index (χ3v) is 5.88. The molecule has 9 nitrogen and oxygen atoms in total. The van der Waals surface area contributed by atoms with E-state index in [0.29, 0.717) is 41.5 Å². The van der Waals surface area contributed by atoms with Crippen LogP contribution >= 0.6 is 0 Å². The quantitative estimate of drug-likeness (QED) is 0.246. The third-order valence-electron chi connectivity index (χ3n) is 5.88. The molecule has 4 rings (SSSR count). The lowest BCUT2D eigenvalue weighted by atomic mass is 10.0. The first-order valence-electron chi connectivity index (χ1n) is 12.3. The second-order valence-corrected chi connectivity index (χ2v) is 8.64. The lowest BCUT2D eigenvalue weighted by Gasteiger charge is -2.13. The SMILES string of the molecule is COCCOc1ncc(C(=O)Nc2ccc(OCCc3ccccc3)cc2)cc1-c1cnc(C)c(C(=O)O)c1. The van der Waals surface area contributed by atoms with Gasteiger partial charge in [-0.15, -0.1) is 0 Å². The van der Waals surface area contributed by atoms with E-state index in [1.54, 1.807) is 44.4 Å². The molecule has 4 aromatic rings. The summed E-state index contributed by atoms with van der Waals surface area (Å²) in [6.45, 7) is 2.72. The van der Waals surface area contributed by atoms with Crippen LogP contribution in [0.3, 0.4) is 0 Å². The molecular formula is C30H29N3O6. The van der Waals surface area contributed by atoms with E-state index in [0.717, 1.165) is 6.42 Å². The van der Waals surface area contributed by atoms with Gasteiger partial charge in [0.05, 0.1) is 30.0 Å². The number of nitrogens with zero attached hydrogens (tertiary/aromatic N) is 2. The highest BCUT2D eigenvalue weighted by molar-refractivity contribution is 6.05. The second kappa shape index (κ2) is 13.2. The Labute approximate surface area is 226 Å². The first-order chi connectivity index (χ1) is 18.9. The van der Waals surface area contributed by atoms with Crippen LogP contribution in [0.2, 0.25) is 0 Å². The molecule has 200 valence electrons. The number of aryl methyl sites for hydroxylation is 1. The molecule has 0 radical (unpaired) electrons. The van der Waals surface area contributed by atoms with Crippen molar-refractivity contribution in [3.8, 4) is 22.8 Å². The van der Waals surface area contributed by atoms with Crippen molar-refractivity contribution in [2.45, 2.75) is 13.3 Å². The number of hydrogen-bond acceptors (Lipinski definition) is 7. The van der Waals surface area contributed by atoms with Gasteiger partial charge in [0.1, 0.15) is 12.4 Å². The highest BCUT2D eigenvalue weighted by atomic mass is 16.5. The number of benzene rings is 2. The van der Waals surface area contributed by atoms with Crippen LogP contribution in [0, 0.1) is 6.92 Å². The fraction of sp³-hybridized carbons (Fsp3) is 0.200. The van der Waals surface area contributed by atoms with Gasteiger partial charge in [-0.05, 0) is 48.9 Å². The number of nitrogens with one attached hydrogen (secondary N) is 1. The number of carbonyl (C=O) groups excluding carboxylic acids is 1. The maximum absolute atomic E-state index is 13.1. The second-order valence-electron chi connectivity index (χ2n) is 8.64. The number of aromatic nitrogens is 2. The van der Waals surface area contributed by atoms with Gasteiger partial charge in [-0.2, -0.15) is 0 Å². The van der Waals surface area contributed by atoms with Crippen molar-refractivity contribution >= 4 is 17.6 Å². The molecule has 0 fully saturated rings. The van der Waals surface area contributed by atoms with Gasteiger partial charge in [-0.3, -0.25) is 9.78 Å². The molecule has 0 bridgehead atoms. The Morgan fingerprint density at radius 1 is 0.897 bits per heavy atom. The van der Waals surface area contributed by atoms with E-state index < -0.39 is 5.97 Å². The maximum Gasteiger partial charge on any atom is 0.337 e. The van der Waals surface area contributed by atoms with Crippen LogP contribution in [-0.2, 0) is 11.2 Å². The first-order valence-corrected chi connectivity index (χ1v) is 12.3. The summed E-state index contributed by atoms with van der Waals surface area (Å²) < 4.78 is 16.6. The van der Waals surface area contributed by atoms with E-state index in [1.807, 2.05) is 18.2 Å². The minimum atomic E-state index is -1.10. The van der Waals surface area contributed by atoms with Gasteiger partial charge in [-0.1, -0.05) is 30.3 Å². The molecule has 0 atom stereocenters. The summed E-state index contributed by atoms with van der Waals surface area (Å²) in [7, 11) is 1.55. The minimum absolute atomic E-state index is 0.0521. The Bertz CT molecular complexity index is 1420. The van der Waals surface area contributed by atoms with Gasteiger partial charge >= 0.3 is 5.97 Å². The fourth-order valence-corrected chi connectivity index (χ4v) is 3.79. The number of carbonyl (C=O) groups is 2. The summed E-state index contributed by atoms with van der Waals surface area (Å²) in [5.41, 5.74) is 3.39. The standard InChI is InChI=1S/C30H29N3O6/c1-20-26(30(35)36)16-22(18-31-20)27-17-23(19-32-29(27)39-15-14-37-2)28(34)33-24-8-10-25(11-9-24)38-13-12-21-6-4-3-5-7-21/h3-11,16-19H,12-15H2,1-2H3,(H,33,34)(H,35,36). The summed E-state index contributed by atoms with van der Waals surface area (Å²) in [5.74, 6) is -0.546. The first kappa shape index (κ1) is 27.3. The van der Waals surface area contributed by atoms with E-state index in [4.69, 9.17) is 14.2 Å². The number of rotatable bonds is 12. The van der Waals surface area contributed by atoms with Crippen LogP contribution in [0.5, 0.6) is 11.6 Å². The molecule has 0 aliphatic rings. The number of carboxylic acids is 1. The summed E-state index contributed by atoms with van der Waals surface area (Å²) in [5, 5.41) is 12.4. The van der Waals surface area contributed by atoms with Gasteiger partial charge in [0.25, 0.3) is 5.91 Å². The molecule has 1 amide bonds. The summed E-state index contributed by atoms with van der Waals surface area (Å²) >= 11 is 0. The predicted octanol–water partition coefficient (Wildman–Crippen LogP) is 5.05. The normalized spacial score (nSPS) is 10.6. The van der Waals surface area contributed by atoms with E-state index in [9.17, 15) is 14.7 Å². The highest BCUT2D eigenvalue weighted by Crippen LogP contribution is 2.30. The Hall–Kier alpha value is -4.76. The van der Waals surface area contributed by atoms with Crippen LogP contribution in [0.25, 0.3) is 11.1 Å². The van der Waals surface area contributed by atoms with E-state index in [1.165, 1.54) is 24.0 Å². The molecular weight excluding hydrogens is 498 g/mol. The highest BCUT2D eigenvalue weighted by Gasteiger charge is 2.17. The molecule has 0 saturated heterocycles. The van der Waals surface area contributed by atoms with E-state index in [2.05, 4.69) is 27.4 Å². The van der Waals surface area contributed by atoms with Crippen molar-refractivity contribution in [3.63, 3.8) is 0 Å². The molecule has 2 N–H and O–H groups in total. The van der Waals surface area contributed by atoms with Crippen molar-refractivity contribution < 1.29 is 28.9 Å². The van der Waals surface area contributed by atoms with Crippen molar-refractivity contribution in [1.82, 2.24) is 9.97 Å². The van der Waals surface area contributed by atoms with Gasteiger partial charge in [0.2, 0.25) is 5.88 Å². The van der Waals surface area contributed by atoms with Crippen molar-refractivity contribution in [1.29, 1.82) is 0 Å². The molecule has 0 saturated carbocycles. The zero-order valence-electron chi connectivity index (χ0n) is 21.7. The Kier molecular flexibility index (Phi) is 9.20. The van der Waals surface area contributed by atoms with Crippen molar-refractivity contribution in [2.75, 3.05) is 32.2 Å². The molecule has 2 aromatic carbocycles. The van der Waals surface area contributed by atoms with Crippen LogP contribution in [-0.4, -0.2) is 53.9 Å². The smallest absolute Gasteiger partial charge is 0.337 e. The third kappa shape index (κ3) is 7.39. The number of methoxy groups -OCH3 is 1. The van der Waals surface area contributed by atoms with Gasteiger partial charge in [0, 0.05) is 42.7 Å². The molecule has 2 heterocycles. The molecule has 0 spiro atoms. The van der Waals surface area contributed by atoms with E-state index >= 15 is 0 Å². The molecule has 9 heteroatoms. The van der Waals surface area contributed by atoms with Crippen LogP contribution in [0.1, 0.15) is 32.0 Å². The molecule has 2 aromatic heterocycles. The monoisotopic (exact) mass is 527 g/mol. The van der Waals surface area contributed by atoms with Crippen LogP contribution in [0.4, 0.5) is 5.69 Å². The summed E-state index contributed by atoms with van der Waals surface area (Å²) in [6.07, 6.45) is 3.73. The maximum atomic E-state index is 13.1. The number of ether oxygens (including phenoxy) is 3. The van der Waals surface area contributed by atoms with Crippen molar-refractivity contribution in [2.24, 2.45) is 0 Å². The predicted molar refractivity (Wildman–Crippen MR) is 147 cm³/mol. The topological polar surface area (TPSA) is 120 Å². The largest absolute Gasteiger partial charge is 0.493 e.